The van der Waals surface area contributed by atoms with Gasteiger partial charge in [-0.3, -0.25) is 0 Å². The van der Waals surface area contributed by atoms with E-state index in [1.165, 1.54) is 0 Å². The van der Waals surface area contributed by atoms with Crippen LogP contribution < -0.4 is 4.74 Å². The van der Waals surface area contributed by atoms with Crippen LogP contribution in [0.3, 0.4) is 0 Å². The van der Waals surface area contributed by atoms with E-state index >= 15 is 0 Å². The van der Waals surface area contributed by atoms with Crippen LogP contribution in [0.15, 0.2) is 42.5 Å². The van der Waals surface area contributed by atoms with Gasteiger partial charge >= 0.3 is 0 Å². The molecule has 1 atom stereocenters. The summed E-state index contributed by atoms with van der Waals surface area (Å²) in [6.07, 6.45) is 7.48. The van der Waals surface area contributed by atoms with Crippen molar-refractivity contribution >= 4 is 0 Å². The Balaban J connectivity index is 0.000000845. The Kier molecular flexibility index (Phi) is 4.54. The van der Waals surface area contributed by atoms with Crippen LogP contribution in [0, 0.1) is 6.42 Å². The molecule has 65 valence electrons. The Morgan fingerprint density at radius 3 is 2.62 bits per heavy atom. The number of hydrogen-bond donors (Lipinski definition) is 0. The standard InChI is InChI=1S/C11H11O.Y/c1-2-6-10(7-3-1)12-11-8-4-5-9-11;/h1-8,11H,9H2;/q-1;/t11-;/m0./s1. The number of hydrogen-bond acceptors (Lipinski definition) is 1. The number of rotatable bonds is 2. The molecular weight excluding hydrogens is 237 g/mol. The van der Waals surface area contributed by atoms with Crippen molar-refractivity contribution < 1.29 is 37.4 Å². The maximum Gasteiger partial charge on any atom is 0.117 e. The number of benzene rings is 1. The van der Waals surface area contributed by atoms with Crippen molar-refractivity contribution in [2.75, 3.05) is 0 Å². The molecule has 1 aromatic rings. The zero-order valence-corrected chi connectivity index (χ0v) is 10.2. The minimum Gasteiger partial charge on any atom is -0.505 e. The Bertz CT molecular complexity index is 269. The molecule has 1 aliphatic rings. The molecule has 0 amide bonds. The van der Waals surface area contributed by atoms with Gasteiger partial charge in [-0.25, -0.2) is 12.5 Å². The molecule has 0 heterocycles. The smallest absolute Gasteiger partial charge is 0.117 e. The molecule has 1 aliphatic carbocycles. The van der Waals surface area contributed by atoms with E-state index in [0.717, 1.165) is 12.2 Å². The van der Waals surface area contributed by atoms with Crippen molar-refractivity contribution in [1.29, 1.82) is 0 Å². The summed E-state index contributed by atoms with van der Waals surface area (Å²) in [7, 11) is 0. The minimum absolute atomic E-state index is 0. The molecule has 0 aromatic heterocycles. The van der Waals surface area contributed by atoms with Gasteiger partial charge in [-0.1, -0.05) is 24.6 Å². The SMILES string of the molecule is C1=C[C@H](Oc2ccccc2)C[CH-]1.[Y]. The second kappa shape index (κ2) is 5.46. The molecule has 0 fully saturated rings. The topological polar surface area (TPSA) is 9.23 Å². The van der Waals surface area contributed by atoms with Crippen LogP contribution in [0.2, 0.25) is 0 Å². The molecule has 2 heteroatoms. The van der Waals surface area contributed by atoms with E-state index in [1.54, 1.807) is 0 Å². The van der Waals surface area contributed by atoms with Crippen molar-refractivity contribution in [3.8, 4) is 5.75 Å². The third-order valence-corrected chi connectivity index (χ3v) is 1.86. The molecule has 13 heavy (non-hydrogen) atoms. The second-order valence-electron chi connectivity index (χ2n) is 2.83. The number of ether oxygens (including phenoxy) is 1. The number of para-hydroxylation sites is 1. The molecule has 0 N–H and O–H groups in total. The Morgan fingerprint density at radius 1 is 1.23 bits per heavy atom. The van der Waals surface area contributed by atoms with Gasteiger partial charge in [0.15, 0.2) is 0 Å². The molecule has 1 nitrogen and oxygen atoms in total. The average molecular weight is 248 g/mol. The molecule has 0 spiro atoms. The predicted molar refractivity (Wildman–Crippen MR) is 48.9 cm³/mol. The normalized spacial score (nSPS) is 18.9. The van der Waals surface area contributed by atoms with E-state index in [1.807, 2.05) is 36.4 Å². The van der Waals surface area contributed by atoms with E-state index in [-0.39, 0.29) is 38.8 Å². The molecule has 0 saturated heterocycles. The first-order chi connectivity index (χ1) is 5.95. The van der Waals surface area contributed by atoms with Gasteiger partial charge in [0.25, 0.3) is 0 Å². The zero-order valence-electron chi connectivity index (χ0n) is 7.39. The Morgan fingerprint density at radius 2 is 2.00 bits per heavy atom. The molecule has 2 rings (SSSR count). The van der Waals surface area contributed by atoms with Gasteiger partial charge in [-0.15, -0.1) is 0 Å². The Hall–Kier alpha value is -0.266. The van der Waals surface area contributed by atoms with Crippen LogP contribution in [0.1, 0.15) is 6.42 Å². The summed E-state index contributed by atoms with van der Waals surface area (Å²) >= 11 is 0. The summed E-state index contributed by atoms with van der Waals surface area (Å²) < 4.78 is 5.66. The van der Waals surface area contributed by atoms with Crippen LogP contribution in [0.4, 0.5) is 0 Å². The van der Waals surface area contributed by atoms with Crippen LogP contribution >= 0.6 is 0 Å². The molecule has 0 unspecified atom stereocenters. The van der Waals surface area contributed by atoms with Gasteiger partial charge in [-0.05, 0) is 12.1 Å². The molecule has 1 aromatic carbocycles. The minimum atomic E-state index is 0. The third kappa shape index (κ3) is 3.17. The maximum atomic E-state index is 5.66. The quantitative estimate of drug-likeness (QED) is 0.731. The Labute approximate surface area is 104 Å². The van der Waals surface area contributed by atoms with Crippen LogP contribution in [-0.4, -0.2) is 6.10 Å². The van der Waals surface area contributed by atoms with Gasteiger partial charge < -0.3 is 4.74 Å². The monoisotopic (exact) mass is 248 g/mol. The predicted octanol–water partition coefficient (Wildman–Crippen LogP) is 2.60. The van der Waals surface area contributed by atoms with Crippen molar-refractivity contribution in [2.24, 2.45) is 0 Å². The molecule has 0 bridgehead atoms. The first-order valence-electron chi connectivity index (χ1n) is 4.17. The second-order valence-corrected chi connectivity index (χ2v) is 2.83. The van der Waals surface area contributed by atoms with E-state index < -0.39 is 0 Å². The first-order valence-corrected chi connectivity index (χ1v) is 4.17. The summed E-state index contributed by atoms with van der Waals surface area (Å²) in [4.78, 5) is 0. The van der Waals surface area contributed by atoms with Gasteiger partial charge in [-0.2, -0.15) is 6.08 Å². The summed E-state index contributed by atoms with van der Waals surface area (Å²) in [5.74, 6) is 0.947. The summed E-state index contributed by atoms with van der Waals surface area (Å²) in [6.45, 7) is 0. The molecule has 0 aliphatic heterocycles. The van der Waals surface area contributed by atoms with Gasteiger partial charge in [0, 0.05) is 38.8 Å². The van der Waals surface area contributed by atoms with E-state index in [0.29, 0.717) is 0 Å². The van der Waals surface area contributed by atoms with E-state index in [2.05, 4.69) is 12.5 Å². The fourth-order valence-corrected chi connectivity index (χ4v) is 1.26. The van der Waals surface area contributed by atoms with Crippen molar-refractivity contribution in [1.82, 2.24) is 0 Å². The van der Waals surface area contributed by atoms with Crippen molar-refractivity contribution in [2.45, 2.75) is 12.5 Å². The fourth-order valence-electron chi connectivity index (χ4n) is 1.26. The van der Waals surface area contributed by atoms with Crippen LogP contribution in [0.5, 0.6) is 5.75 Å². The summed E-state index contributed by atoms with van der Waals surface area (Å²) in [5, 5.41) is 0. The summed E-state index contributed by atoms with van der Waals surface area (Å²) in [5.41, 5.74) is 0. The first kappa shape index (κ1) is 10.8. The van der Waals surface area contributed by atoms with Gasteiger partial charge in [0.05, 0.1) is 0 Å². The van der Waals surface area contributed by atoms with Crippen LogP contribution in [0.25, 0.3) is 0 Å². The largest absolute Gasteiger partial charge is 0.505 e. The van der Waals surface area contributed by atoms with E-state index in [4.69, 9.17) is 4.74 Å². The van der Waals surface area contributed by atoms with Crippen molar-refractivity contribution in [3.05, 3.63) is 48.9 Å². The maximum absolute atomic E-state index is 5.66. The van der Waals surface area contributed by atoms with E-state index in [9.17, 15) is 0 Å². The van der Waals surface area contributed by atoms with Crippen LogP contribution in [-0.2, 0) is 32.7 Å². The third-order valence-electron chi connectivity index (χ3n) is 1.86. The molecular formula is C11H11OY-. The average Bonchev–Trinajstić information content (AvgIpc) is 2.59. The number of allylic oxidation sites excluding steroid dienone is 1. The summed E-state index contributed by atoms with van der Waals surface area (Å²) in [6, 6.07) is 9.91. The fraction of sp³-hybridized carbons (Fsp3) is 0.182. The zero-order chi connectivity index (χ0) is 8.23. The molecule has 0 saturated carbocycles. The van der Waals surface area contributed by atoms with Gasteiger partial charge in [0.1, 0.15) is 5.75 Å². The van der Waals surface area contributed by atoms with Gasteiger partial charge in [0.2, 0.25) is 0 Å². The van der Waals surface area contributed by atoms with Crippen molar-refractivity contribution in [3.63, 3.8) is 0 Å². The molecule has 1 radical (unpaired) electrons.